The fourth-order valence-electron chi connectivity index (χ4n) is 4.88. The first kappa shape index (κ1) is 19.7. The molecule has 1 saturated carbocycles. The molecule has 1 aromatic heterocycles. The van der Waals surface area contributed by atoms with Crippen LogP contribution in [0.4, 0.5) is 13.2 Å². The minimum atomic E-state index is -4.41. The molecule has 0 aromatic carbocycles. The fourth-order valence-corrected chi connectivity index (χ4v) is 4.88. The number of hydrogen-bond donors (Lipinski definition) is 1. The molecule has 0 radical (unpaired) electrons. The van der Waals surface area contributed by atoms with Crippen LogP contribution in [-0.4, -0.2) is 50.4 Å². The number of likely N-dealkylation sites (tertiary alicyclic amines) is 1. The van der Waals surface area contributed by atoms with E-state index < -0.39 is 30.7 Å². The van der Waals surface area contributed by atoms with E-state index in [9.17, 15) is 27.9 Å². The molecule has 1 aliphatic heterocycles. The maximum absolute atomic E-state index is 13.1. The maximum Gasteiger partial charge on any atom is 0.408 e. The van der Waals surface area contributed by atoms with Gasteiger partial charge in [0.25, 0.3) is 0 Å². The Morgan fingerprint density at radius 1 is 1.30 bits per heavy atom. The van der Waals surface area contributed by atoms with Crippen LogP contribution in [0.5, 0.6) is 0 Å². The van der Waals surface area contributed by atoms with Crippen molar-refractivity contribution in [3.05, 3.63) is 17.0 Å². The number of aliphatic carboxylic acids is 1. The number of carbonyl (C=O) groups excluding carboxylic acids is 1. The number of halogens is 3. The van der Waals surface area contributed by atoms with E-state index in [1.165, 1.54) is 11.8 Å². The second-order valence-electron chi connectivity index (χ2n) is 7.71. The summed E-state index contributed by atoms with van der Waals surface area (Å²) in [5.41, 5.74) is 1.10. The lowest BCUT2D eigenvalue weighted by molar-refractivity contribution is -0.150. The number of nitrogens with zero attached hydrogens (tertiary/aromatic N) is 3. The second-order valence-corrected chi connectivity index (χ2v) is 7.71. The number of carboxylic acids is 1. The smallest absolute Gasteiger partial charge is 0.408 e. The number of aryl methyl sites for hydroxylation is 1. The van der Waals surface area contributed by atoms with Gasteiger partial charge in [-0.25, -0.2) is 4.79 Å². The van der Waals surface area contributed by atoms with Crippen molar-refractivity contribution in [3.63, 3.8) is 0 Å². The van der Waals surface area contributed by atoms with Crippen LogP contribution in [0.25, 0.3) is 0 Å². The van der Waals surface area contributed by atoms with Gasteiger partial charge in [-0.05, 0) is 45.4 Å². The van der Waals surface area contributed by atoms with E-state index in [2.05, 4.69) is 5.10 Å². The highest BCUT2D eigenvalue weighted by Crippen LogP contribution is 2.43. The van der Waals surface area contributed by atoms with Gasteiger partial charge in [-0.15, -0.1) is 0 Å². The van der Waals surface area contributed by atoms with Crippen molar-refractivity contribution >= 4 is 11.9 Å². The topological polar surface area (TPSA) is 75.4 Å². The van der Waals surface area contributed by atoms with Crippen LogP contribution in [-0.2, 0) is 16.1 Å². The summed E-state index contributed by atoms with van der Waals surface area (Å²) in [5.74, 6) is -1.94. The predicted octanol–water partition coefficient (Wildman–Crippen LogP) is 2.88. The van der Waals surface area contributed by atoms with E-state index in [1.807, 2.05) is 0 Å². The van der Waals surface area contributed by atoms with Crippen LogP contribution in [0, 0.1) is 25.7 Å². The molecule has 0 bridgehead atoms. The van der Waals surface area contributed by atoms with Gasteiger partial charge < -0.3 is 10.0 Å². The van der Waals surface area contributed by atoms with E-state index in [0.717, 1.165) is 23.9 Å². The second kappa shape index (κ2) is 6.83. The van der Waals surface area contributed by atoms with E-state index in [4.69, 9.17) is 0 Å². The zero-order valence-electron chi connectivity index (χ0n) is 15.6. The third-order valence-corrected chi connectivity index (χ3v) is 6.00. The number of aromatic nitrogens is 2. The van der Waals surface area contributed by atoms with Gasteiger partial charge in [0.15, 0.2) is 0 Å². The molecular weight excluding hydrogens is 363 g/mol. The monoisotopic (exact) mass is 387 g/mol. The lowest BCUT2D eigenvalue weighted by Crippen LogP contribution is -2.45. The highest BCUT2D eigenvalue weighted by molar-refractivity contribution is 5.89. The van der Waals surface area contributed by atoms with Crippen LogP contribution in [0.1, 0.15) is 49.1 Å². The molecule has 2 aliphatic rings. The average molecular weight is 387 g/mol. The van der Waals surface area contributed by atoms with Crippen molar-refractivity contribution in [2.45, 2.75) is 64.7 Å². The summed E-state index contributed by atoms with van der Waals surface area (Å²) in [4.78, 5) is 26.3. The van der Waals surface area contributed by atoms with Crippen molar-refractivity contribution in [2.75, 3.05) is 6.54 Å². The lowest BCUT2D eigenvalue weighted by Gasteiger charge is -2.27. The zero-order chi connectivity index (χ0) is 20.1. The molecule has 9 heteroatoms. The number of alkyl halides is 3. The Balaban J connectivity index is 1.86. The highest BCUT2D eigenvalue weighted by atomic mass is 19.4. The number of carboxylic acid groups (broad SMARTS) is 1. The Hall–Kier alpha value is -2.06. The highest BCUT2D eigenvalue weighted by Gasteiger charge is 2.50. The van der Waals surface area contributed by atoms with Gasteiger partial charge in [0, 0.05) is 17.8 Å². The van der Waals surface area contributed by atoms with Gasteiger partial charge in [0.05, 0.1) is 11.6 Å². The van der Waals surface area contributed by atoms with Crippen LogP contribution in [0.3, 0.4) is 0 Å². The molecule has 4 atom stereocenters. The average Bonchev–Trinajstić information content (AvgIpc) is 3.18. The number of fused-ring (bicyclic) bond motifs is 1. The van der Waals surface area contributed by atoms with Crippen LogP contribution in [0.2, 0.25) is 0 Å². The summed E-state index contributed by atoms with van der Waals surface area (Å²) in [5, 5.41) is 13.6. The quantitative estimate of drug-likeness (QED) is 0.862. The Kier molecular flexibility index (Phi) is 4.98. The molecule has 1 amide bonds. The summed E-state index contributed by atoms with van der Waals surface area (Å²) in [6.45, 7) is 3.89. The first-order chi connectivity index (χ1) is 12.5. The molecule has 2 heterocycles. The number of amides is 1. The van der Waals surface area contributed by atoms with Crippen molar-refractivity contribution in [2.24, 2.45) is 11.8 Å². The Morgan fingerprint density at radius 3 is 2.56 bits per heavy atom. The molecule has 4 unspecified atom stereocenters. The third kappa shape index (κ3) is 3.55. The van der Waals surface area contributed by atoms with Gasteiger partial charge in [0.1, 0.15) is 12.6 Å². The van der Waals surface area contributed by atoms with Gasteiger partial charge in [-0.2, -0.15) is 18.3 Å². The summed E-state index contributed by atoms with van der Waals surface area (Å²) in [6.07, 6.45) is -1.73. The van der Waals surface area contributed by atoms with Crippen LogP contribution < -0.4 is 0 Å². The van der Waals surface area contributed by atoms with Crippen molar-refractivity contribution in [1.29, 1.82) is 0 Å². The van der Waals surface area contributed by atoms with Gasteiger partial charge in [-0.3, -0.25) is 9.48 Å². The number of rotatable bonds is 4. The van der Waals surface area contributed by atoms with Crippen molar-refractivity contribution in [3.8, 4) is 0 Å². The Bertz CT molecular complexity index is 759. The van der Waals surface area contributed by atoms with Gasteiger partial charge >= 0.3 is 12.1 Å². The van der Waals surface area contributed by atoms with E-state index in [-0.39, 0.29) is 23.4 Å². The molecule has 1 N–H and O–H groups in total. The van der Waals surface area contributed by atoms with Gasteiger partial charge in [0.2, 0.25) is 5.91 Å². The molecule has 27 heavy (non-hydrogen) atoms. The number of carbonyl (C=O) groups is 2. The van der Waals surface area contributed by atoms with Crippen molar-refractivity contribution in [1.82, 2.24) is 14.7 Å². The first-order valence-corrected chi connectivity index (χ1v) is 9.15. The van der Waals surface area contributed by atoms with E-state index in [0.29, 0.717) is 17.8 Å². The Morgan fingerprint density at radius 2 is 1.96 bits per heavy atom. The number of hydrogen-bond acceptors (Lipinski definition) is 3. The molecule has 6 nitrogen and oxygen atoms in total. The minimum Gasteiger partial charge on any atom is -0.480 e. The molecular formula is C18H24F3N3O3. The summed E-state index contributed by atoms with van der Waals surface area (Å²) >= 11 is 0. The molecule has 150 valence electrons. The zero-order valence-corrected chi connectivity index (χ0v) is 15.6. The standard InChI is InChI=1S/C18H24F3N3O3/c1-9(14-10(2)22-24(11(14)3)8-18(19,20)21)16(25)23-7-12-5-4-6-13(12)15(23)17(26)27/h9,12-13,15H,4-8H2,1-3H3,(H,26,27). The van der Waals surface area contributed by atoms with E-state index in [1.54, 1.807) is 13.8 Å². The molecule has 1 saturated heterocycles. The predicted molar refractivity (Wildman–Crippen MR) is 90.1 cm³/mol. The molecule has 2 fully saturated rings. The molecule has 3 rings (SSSR count). The summed E-state index contributed by atoms with van der Waals surface area (Å²) in [7, 11) is 0. The minimum absolute atomic E-state index is 0.0335. The SMILES string of the molecule is Cc1nn(CC(F)(F)F)c(C)c1C(C)C(=O)N1CC2CCCC2C1C(=O)O. The first-order valence-electron chi connectivity index (χ1n) is 9.15. The normalized spacial score (nSPS) is 26.3. The third-order valence-electron chi connectivity index (χ3n) is 6.00. The lowest BCUT2D eigenvalue weighted by atomic mass is 9.93. The van der Waals surface area contributed by atoms with Crippen molar-refractivity contribution < 1.29 is 27.9 Å². The van der Waals surface area contributed by atoms with Gasteiger partial charge in [-0.1, -0.05) is 6.42 Å². The Labute approximate surface area is 155 Å². The molecule has 1 aromatic rings. The maximum atomic E-state index is 13.1. The fraction of sp³-hybridized carbons (Fsp3) is 0.722. The summed E-state index contributed by atoms with van der Waals surface area (Å²) in [6, 6.07) is -0.849. The molecule has 1 aliphatic carbocycles. The summed E-state index contributed by atoms with van der Waals surface area (Å²) < 4.78 is 39.1. The molecule has 0 spiro atoms. The van der Waals surface area contributed by atoms with Crippen LogP contribution >= 0.6 is 0 Å². The van der Waals surface area contributed by atoms with E-state index >= 15 is 0 Å². The van der Waals surface area contributed by atoms with Crippen LogP contribution in [0.15, 0.2) is 0 Å². The largest absolute Gasteiger partial charge is 0.480 e.